The molecule has 0 atom stereocenters. The molecule has 0 bridgehead atoms. The molecule has 0 aliphatic heterocycles. The summed E-state index contributed by atoms with van der Waals surface area (Å²) in [4.78, 5) is 12.2. The lowest BCUT2D eigenvalue weighted by atomic mass is 10.2. The Balaban J connectivity index is 1.80. The third-order valence-corrected chi connectivity index (χ3v) is 4.62. The zero-order chi connectivity index (χ0) is 19.6. The van der Waals surface area contributed by atoms with Crippen molar-refractivity contribution in [2.45, 2.75) is 13.8 Å². The van der Waals surface area contributed by atoms with Gasteiger partial charge in [-0.15, -0.1) is 0 Å². The summed E-state index contributed by atoms with van der Waals surface area (Å²) in [6, 6.07) is 12.7. The summed E-state index contributed by atoms with van der Waals surface area (Å²) in [6.45, 7) is 3.85. The number of phenols is 1. The van der Waals surface area contributed by atoms with Crippen LogP contribution in [0.25, 0.3) is 5.69 Å². The average molecular weight is 430 g/mol. The molecule has 5 nitrogen and oxygen atoms in total. The minimum atomic E-state index is -0.516. The van der Waals surface area contributed by atoms with E-state index in [0.29, 0.717) is 4.47 Å². The highest BCUT2D eigenvalue weighted by Crippen LogP contribution is 2.22. The normalized spacial score (nSPS) is 11.1. The number of amides is 1. The van der Waals surface area contributed by atoms with Gasteiger partial charge in [-0.2, -0.15) is 5.10 Å². The van der Waals surface area contributed by atoms with Gasteiger partial charge in [0.15, 0.2) is 0 Å². The van der Waals surface area contributed by atoms with Crippen molar-refractivity contribution in [3.8, 4) is 11.4 Å². The molecule has 1 heterocycles. The molecule has 27 heavy (non-hydrogen) atoms. The Kier molecular flexibility index (Phi) is 5.41. The first-order valence-corrected chi connectivity index (χ1v) is 8.93. The van der Waals surface area contributed by atoms with Crippen LogP contribution in [-0.2, 0) is 0 Å². The summed E-state index contributed by atoms with van der Waals surface area (Å²) in [7, 11) is 0. The van der Waals surface area contributed by atoms with Crippen molar-refractivity contribution >= 4 is 28.1 Å². The lowest BCUT2D eigenvalue weighted by Crippen LogP contribution is -2.17. The van der Waals surface area contributed by atoms with E-state index in [-0.39, 0.29) is 17.1 Å². The number of hydrogen-bond acceptors (Lipinski definition) is 3. The van der Waals surface area contributed by atoms with E-state index in [0.717, 1.165) is 22.6 Å². The Morgan fingerprint density at radius 1 is 1.19 bits per heavy atom. The number of benzene rings is 2. The van der Waals surface area contributed by atoms with E-state index in [1.165, 1.54) is 30.5 Å². The number of nitrogens with one attached hydrogen (secondary N) is 1. The molecule has 7 heteroatoms. The highest BCUT2D eigenvalue weighted by Gasteiger charge is 2.12. The van der Waals surface area contributed by atoms with Gasteiger partial charge in [-0.25, -0.2) is 9.82 Å². The van der Waals surface area contributed by atoms with E-state index in [9.17, 15) is 14.3 Å². The largest absolute Gasteiger partial charge is 0.507 e. The summed E-state index contributed by atoms with van der Waals surface area (Å²) in [6.07, 6.45) is 1.54. The summed E-state index contributed by atoms with van der Waals surface area (Å²) in [5.74, 6) is -0.931. The van der Waals surface area contributed by atoms with E-state index in [1.54, 1.807) is 18.2 Å². The van der Waals surface area contributed by atoms with Gasteiger partial charge >= 0.3 is 0 Å². The topological polar surface area (TPSA) is 66.6 Å². The van der Waals surface area contributed by atoms with E-state index >= 15 is 0 Å². The van der Waals surface area contributed by atoms with Crippen LogP contribution in [-0.4, -0.2) is 21.8 Å². The number of carbonyl (C=O) groups excluding carboxylic acids is 1. The van der Waals surface area contributed by atoms with Crippen LogP contribution < -0.4 is 5.43 Å². The van der Waals surface area contributed by atoms with Crippen molar-refractivity contribution in [3.05, 3.63) is 81.3 Å². The van der Waals surface area contributed by atoms with Crippen molar-refractivity contribution in [2.75, 3.05) is 0 Å². The van der Waals surface area contributed by atoms with Gasteiger partial charge in [-0.3, -0.25) is 4.79 Å². The minimum Gasteiger partial charge on any atom is -0.507 e. The molecular formula is C20H17BrFN3O2. The number of aryl methyl sites for hydroxylation is 1. The van der Waals surface area contributed by atoms with Gasteiger partial charge in [0.05, 0.1) is 11.8 Å². The standard InChI is InChI=1S/C20H17BrFN3O2/c1-12-9-14(13(2)25(12)17-6-4-16(22)5-7-17)11-23-24-20(27)18-10-15(21)3-8-19(18)26/h3-11,26H,1-2H3,(H,24,27)/b23-11-. The second-order valence-electron chi connectivity index (χ2n) is 6.00. The molecule has 0 aliphatic carbocycles. The molecule has 3 aromatic rings. The van der Waals surface area contributed by atoms with Crippen molar-refractivity contribution in [1.29, 1.82) is 0 Å². The molecule has 0 radical (unpaired) electrons. The molecule has 138 valence electrons. The van der Waals surface area contributed by atoms with Crippen LogP contribution in [0.1, 0.15) is 27.3 Å². The smallest absolute Gasteiger partial charge is 0.275 e. The Morgan fingerprint density at radius 3 is 2.59 bits per heavy atom. The maximum absolute atomic E-state index is 13.2. The third kappa shape index (κ3) is 4.09. The monoisotopic (exact) mass is 429 g/mol. The van der Waals surface area contributed by atoms with Gasteiger partial charge in [-0.05, 0) is 62.4 Å². The SMILES string of the molecule is Cc1cc(/C=N\NC(=O)c2cc(Br)ccc2O)c(C)n1-c1ccc(F)cc1. The molecule has 0 unspecified atom stereocenters. The Morgan fingerprint density at radius 2 is 1.89 bits per heavy atom. The molecule has 0 saturated carbocycles. The predicted octanol–water partition coefficient (Wildman–Crippen LogP) is 4.47. The summed E-state index contributed by atoms with van der Waals surface area (Å²) >= 11 is 3.26. The maximum atomic E-state index is 13.2. The number of aromatic nitrogens is 1. The van der Waals surface area contributed by atoms with Crippen molar-refractivity contribution in [2.24, 2.45) is 5.10 Å². The second-order valence-corrected chi connectivity index (χ2v) is 6.91. The Bertz CT molecular complexity index is 1030. The number of hydrogen-bond donors (Lipinski definition) is 2. The predicted molar refractivity (Wildman–Crippen MR) is 106 cm³/mol. The first-order chi connectivity index (χ1) is 12.9. The lowest BCUT2D eigenvalue weighted by Gasteiger charge is -2.09. The molecule has 3 rings (SSSR count). The number of aromatic hydroxyl groups is 1. The zero-order valence-electron chi connectivity index (χ0n) is 14.7. The van der Waals surface area contributed by atoms with Crippen molar-refractivity contribution in [3.63, 3.8) is 0 Å². The van der Waals surface area contributed by atoms with Crippen LogP contribution in [0, 0.1) is 19.7 Å². The molecule has 0 spiro atoms. The van der Waals surface area contributed by atoms with Gasteiger partial charge in [0.25, 0.3) is 5.91 Å². The number of hydrazone groups is 1. The minimum absolute atomic E-state index is 0.123. The number of phenolic OH excluding ortho intramolecular Hbond substituents is 1. The summed E-state index contributed by atoms with van der Waals surface area (Å²) in [5.41, 5.74) is 6.05. The Labute approximate surface area is 164 Å². The molecular weight excluding hydrogens is 413 g/mol. The molecule has 0 fully saturated rings. The highest BCUT2D eigenvalue weighted by molar-refractivity contribution is 9.10. The third-order valence-electron chi connectivity index (χ3n) is 4.13. The number of nitrogens with zero attached hydrogens (tertiary/aromatic N) is 2. The second kappa shape index (κ2) is 7.75. The van der Waals surface area contributed by atoms with Gasteiger partial charge < -0.3 is 9.67 Å². The fourth-order valence-corrected chi connectivity index (χ4v) is 3.18. The average Bonchev–Trinajstić information content (AvgIpc) is 2.91. The summed E-state index contributed by atoms with van der Waals surface area (Å²) < 4.78 is 15.8. The zero-order valence-corrected chi connectivity index (χ0v) is 16.3. The van der Waals surface area contributed by atoms with E-state index < -0.39 is 5.91 Å². The fraction of sp³-hybridized carbons (Fsp3) is 0.100. The number of carbonyl (C=O) groups is 1. The van der Waals surface area contributed by atoms with Gasteiger partial charge in [-0.1, -0.05) is 15.9 Å². The van der Waals surface area contributed by atoms with Crippen LogP contribution in [0.5, 0.6) is 5.75 Å². The van der Waals surface area contributed by atoms with Crippen molar-refractivity contribution in [1.82, 2.24) is 9.99 Å². The number of halogens is 2. The van der Waals surface area contributed by atoms with Crippen LogP contribution in [0.2, 0.25) is 0 Å². The Hall–Kier alpha value is -2.93. The van der Waals surface area contributed by atoms with Gasteiger partial charge in [0, 0.05) is 27.1 Å². The molecule has 1 aromatic heterocycles. The first-order valence-electron chi connectivity index (χ1n) is 8.13. The van der Waals surface area contributed by atoms with Crippen LogP contribution in [0.3, 0.4) is 0 Å². The van der Waals surface area contributed by atoms with Crippen molar-refractivity contribution < 1.29 is 14.3 Å². The molecule has 1 amide bonds. The van der Waals surface area contributed by atoms with E-state index in [2.05, 4.69) is 26.5 Å². The molecule has 2 aromatic carbocycles. The van der Waals surface area contributed by atoms with Crippen LogP contribution >= 0.6 is 15.9 Å². The fourth-order valence-electron chi connectivity index (χ4n) is 2.82. The first kappa shape index (κ1) is 18.8. The van der Waals surface area contributed by atoms with Gasteiger partial charge in [0.2, 0.25) is 0 Å². The van der Waals surface area contributed by atoms with E-state index in [4.69, 9.17) is 0 Å². The summed E-state index contributed by atoms with van der Waals surface area (Å²) in [5, 5.41) is 13.8. The quantitative estimate of drug-likeness (QED) is 0.474. The van der Waals surface area contributed by atoms with Crippen LogP contribution in [0.15, 0.2) is 58.1 Å². The van der Waals surface area contributed by atoms with E-state index in [1.807, 2.05) is 24.5 Å². The number of rotatable bonds is 4. The lowest BCUT2D eigenvalue weighted by molar-refractivity contribution is 0.0952. The van der Waals surface area contributed by atoms with Crippen LogP contribution in [0.4, 0.5) is 4.39 Å². The highest BCUT2D eigenvalue weighted by atomic mass is 79.9. The van der Waals surface area contributed by atoms with Gasteiger partial charge in [0.1, 0.15) is 11.6 Å². The molecule has 0 saturated heterocycles. The molecule has 2 N–H and O–H groups in total. The molecule has 0 aliphatic rings. The maximum Gasteiger partial charge on any atom is 0.275 e.